The third kappa shape index (κ3) is 4.68. The molecule has 0 unspecified atom stereocenters. The Morgan fingerprint density at radius 1 is 1.47 bits per heavy atom. The van der Waals surface area contributed by atoms with Gasteiger partial charge >= 0.3 is 6.03 Å². The van der Waals surface area contributed by atoms with E-state index >= 15 is 0 Å². The van der Waals surface area contributed by atoms with Crippen molar-refractivity contribution in [2.45, 2.75) is 0 Å². The van der Waals surface area contributed by atoms with Crippen LogP contribution in [0.5, 0.6) is 0 Å². The molecule has 2 N–H and O–H groups in total. The van der Waals surface area contributed by atoms with Crippen LogP contribution in [-0.2, 0) is 9.59 Å². The zero-order valence-corrected chi connectivity index (χ0v) is 9.94. The Morgan fingerprint density at radius 3 is 2.84 bits per heavy atom. The highest BCUT2D eigenvalue weighted by Gasteiger charge is 2.18. The number of imide groups is 1. The van der Waals surface area contributed by atoms with E-state index in [-0.39, 0.29) is 0 Å². The summed E-state index contributed by atoms with van der Waals surface area (Å²) < 4.78 is 0. The van der Waals surface area contributed by atoms with Gasteiger partial charge in [-0.1, -0.05) is 6.07 Å². The van der Waals surface area contributed by atoms with Crippen LogP contribution in [0.1, 0.15) is 5.69 Å². The van der Waals surface area contributed by atoms with Crippen molar-refractivity contribution >= 4 is 24.3 Å². The van der Waals surface area contributed by atoms with Gasteiger partial charge in [-0.25, -0.2) is 4.79 Å². The van der Waals surface area contributed by atoms with Gasteiger partial charge in [-0.05, 0) is 18.2 Å². The molecule has 0 saturated carbocycles. The number of nitrogens with one attached hydrogen (secondary N) is 1. The lowest BCUT2D eigenvalue weighted by atomic mass is 10.3. The van der Waals surface area contributed by atoms with Crippen molar-refractivity contribution in [3.8, 4) is 0 Å². The van der Waals surface area contributed by atoms with Crippen LogP contribution in [0.4, 0.5) is 4.79 Å². The van der Waals surface area contributed by atoms with Crippen molar-refractivity contribution < 1.29 is 19.5 Å². The van der Waals surface area contributed by atoms with Crippen LogP contribution in [0, 0.1) is 0 Å². The molecule has 0 spiro atoms. The van der Waals surface area contributed by atoms with Crippen molar-refractivity contribution in [1.82, 2.24) is 15.2 Å². The molecule has 1 aromatic heterocycles. The van der Waals surface area contributed by atoms with E-state index in [9.17, 15) is 14.4 Å². The van der Waals surface area contributed by atoms with Crippen molar-refractivity contribution in [2.75, 3.05) is 13.3 Å². The van der Waals surface area contributed by atoms with Crippen LogP contribution in [0.2, 0.25) is 0 Å². The van der Waals surface area contributed by atoms with Gasteiger partial charge in [0, 0.05) is 12.3 Å². The number of nitrogens with zero attached hydrogens (tertiary/aromatic N) is 2. The zero-order valence-electron chi connectivity index (χ0n) is 9.94. The number of aliphatic hydroxyl groups is 1. The second kappa shape index (κ2) is 7.72. The summed E-state index contributed by atoms with van der Waals surface area (Å²) >= 11 is 0. The molecule has 1 radical (unpaired) electrons. The first-order chi connectivity index (χ1) is 9.19. The summed E-state index contributed by atoms with van der Waals surface area (Å²) in [5, 5.41) is 10.5. The number of hydrogen-bond acceptors (Lipinski definition) is 5. The maximum Gasteiger partial charge on any atom is 0.326 e. The number of pyridine rings is 1. The minimum absolute atomic E-state index is 0.517. The third-order valence-corrected chi connectivity index (χ3v) is 2.05. The molecular formula is C12H12N3O4. The average molecular weight is 262 g/mol. The second-order valence-corrected chi connectivity index (χ2v) is 3.30. The number of rotatable bonds is 5. The molecule has 1 aromatic rings. The summed E-state index contributed by atoms with van der Waals surface area (Å²) in [4.78, 5) is 38.0. The van der Waals surface area contributed by atoms with E-state index in [4.69, 9.17) is 5.11 Å². The standard InChI is InChI=1S/C12H12N3O4/c16-8-7-15(12(19)14-9-17)11(18)5-4-10-3-1-2-6-13-10/h1-6,17H,7,9H2,(H,14,19). The molecule has 0 aliphatic heterocycles. The topological polar surface area (TPSA) is 99.6 Å². The van der Waals surface area contributed by atoms with Gasteiger partial charge in [-0.3, -0.25) is 19.5 Å². The third-order valence-electron chi connectivity index (χ3n) is 2.05. The average Bonchev–Trinajstić information content (AvgIpc) is 2.43. The van der Waals surface area contributed by atoms with Crippen LogP contribution in [0.3, 0.4) is 0 Å². The highest BCUT2D eigenvalue weighted by molar-refractivity contribution is 6.03. The normalized spacial score (nSPS) is 10.2. The fraction of sp³-hybridized carbons (Fsp3) is 0.167. The van der Waals surface area contributed by atoms with Crippen LogP contribution in [0.15, 0.2) is 30.5 Å². The van der Waals surface area contributed by atoms with Crippen molar-refractivity contribution in [3.05, 3.63) is 36.2 Å². The van der Waals surface area contributed by atoms with Crippen LogP contribution in [0.25, 0.3) is 6.08 Å². The molecule has 0 bridgehead atoms. The quantitative estimate of drug-likeness (QED) is 0.560. The summed E-state index contributed by atoms with van der Waals surface area (Å²) in [6.45, 7) is -1.15. The van der Waals surface area contributed by atoms with Gasteiger partial charge in [0.25, 0.3) is 5.91 Å². The van der Waals surface area contributed by atoms with Crippen molar-refractivity contribution in [1.29, 1.82) is 0 Å². The Kier molecular flexibility index (Phi) is 5.90. The fourth-order valence-corrected chi connectivity index (χ4v) is 1.20. The van der Waals surface area contributed by atoms with Crippen molar-refractivity contribution in [3.63, 3.8) is 0 Å². The molecule has 3 amide bonds. The maximum absolute atomic E-state index is 11.7. The second-order valence-electron chi connectivity index (χ2n) is 3.30. The number of aromatic nitrogens is 1. The van der Waals surface area contributed by atoms with Crippen LogP contribution in [-0.4, -0.2) is 46.5 Å². The monoisotopic (exact) mass is 262 g/mol. The number of hydrogen-bond donors (Lipinski definition) is 2. The predicted molar refractivity (Wildman–Crippen MR) is 66.3 cm³/mol. The van der Waals surface area contributed by atoms with E-state index in [0.717, 1.165) is 6.08 Å². The Hall–Kier alpha value is -2.54. The molecule has 1 rings (SSSR count). The van der Waals surface area contributed by atoms with Gasteiger partial charge in [0.2, 0.25) is 6.29 Å². The smallest absolute Gasteiger partial charge is 0.326 e. The SMILES string of the molecule is O=[C]CN(C(=O)C=Cc1ccccn1)C(=O)NCO. The first-order valence-electron chi connectivity index (χ1n) is 5.33. The summed E-state index contributed by atoms with van der Waals surface area (Å²) in [6, 6.07) is 4.27. The lowest BCUT2D eigenvalue weighted by Gasteiger charge is -2.15. The van der Waals surface area contributed by atoms with Crippen LogP contribution < -0.4 is 5.32 Å². The molecule has 99 valence electrons. The fourth-order valence-electron chi connectivity index (χ4n) is 1.20. The number of carbonyl (C=O) groups is 2. The summed E-state index contributed by atoms with van der Waals surface area (Å²) in [5.41, 5.74) is 0.536. The first kappa shape index (κ1) is 14.5. The van der Waals surface area contributed by atoms with E-state index in [0.29, 0.717) is 10.6 Å². The molecule has 19 heavy (non-hydrogen) atoms. The number of amides is 3. The number of carbonyl (C=O) groups excluding carboxylic acids is 3. The number of aliphatic hydroxyl groups excluding tert-OH is 1. The molecule has 0 fully saturated rings. The highest BCUT2D eigenvalue weighted by Crippen LogP contribution is 1.99. The molecule has 0 atom stereocenters. The van der Waals surface area contributed by atoms with E-state index in [1.54, 1.807) is 24.4 Å². The van der Waals surface area contributed by atoms with E-state index in [1.165, 1.54) is 12.4 Å². The Bertz CT molecular complexity index is 473. The lowest BCUT2D eigenvalue weighted by Crippen LogP contribution is -2.44. The summed E-state index contributed by atoms with van der Waals surface area (Å²) in [6.07, 6.45) is 5.52. The van der Waals surface area contributed by atoms with Gasteiger partial charge in [-0.15, -0.1) is 0 Å². The molecule has 1 heterocycles. The van der Waals surface area contributed by atoms with Crippen LogP contribution >= 0.6 is 0 Å². The molecule has 0 saturated heterocycles. The number of urea groups is 1. The zero-order chi connectivity index (χ0) is 14.1. The maximum atomic E-state index is 11.7. The Labute approximate surface area is 109 Å². The van der Waals surface area contributed by atoms with Crippen molar-refractivity contribution in [2.24, 2.45) is 0 Å². The summed E-state index contributed by atoms with van der Waals surface area (Å²) in [5.74, 6) is -0.708. The molecular weight excluding hydrogens is 250 g/mol. The van der Waals surface area contributed by atoms with E-state index < -0.39 is 25.2 Å². The van der Waals surface area contributed by atoms with Gasteiger partial charge in [0.1, 0.15) is 6.73 Å². The molecule has 0 aromatic carbocycles. The Balaban J connectivity index is 2.74. The minimum atomic E-state index is -0.874. The molecule has 0 aliphatic carbocycles. The van der Waals surface area contributed by atoms with E-state index in [1.807, 2.05) is 5.32 Å². The van der Waals surface area contributed by atoms with Gasteiger partial charge in [-0.2, -0.15) is 0 Å². The molecule has 7 heteroatoms. The van der Waals surface area contributed by atoms with Gasteiger partial charge in [0.05, 0.1) is 12.2 Å². The predicted octanol–water partition coefficient (Wildman–Crippen LogP) is -0.307. The lowest BCUT2D eigenvalue weighted by molar-refractivity contribution is -0.122. The minimum Gasteiger partial charge on any atom is -0.376 e. The Morgan fingerprint density at radius 2 is 2.26 bits per heavy atom. The first-order valence-corrected chi connectivity index (χ1v) is 5.33. The van der Waals surface area contributed by atoms with E-state index in [2.05, 4.69) is 4.98 Å². The van der Waals surface area contributed by atoms with Gasteiger partial charge < -0.3 is 10.4 Å². The molecule has 7 nitrogen and oxygen atoms in total. The largest absolute Gasteiger partial charge is 0.376 e. The molecule has 0 aliphatic rings. The highest BCUT2D eigenvalue weighted by atomic mass is 16.3. The van der Waals surface area contributed by atoms with Gasteiger partial charge in [0.15, 0.2) is 0 Å². The summed E-state index contributed by atoms with van der Waals surface area (Å²) in [7, 11) is 0.